The van der Waals surface area contributed by atoms with Crippen LogP contribution in [-0.4, -0.2) is 24.9 Å². The lowest BCUT2D eigenvalue weighted by Crippen LogP contribution is -2.39. The molecule has 0 aromatic heterocycles. The Morgan fingerprint density at radius 2 is 1.32 bits per heavy atom. The van der Waals surface area contributed by atoms with Gasteiger partial charge >= 0.3 is 0 Å². The number of hydrogen-bond acceptors (Lipinski definition) is 4. The average Bonchev–Trinajstić information content (AvgIpc) is 2.54. The van der Waals surface area contributed by atoms with Crippen LogP contribution >= 0.6 is 0 Å². The second-order valence-corrected chi connectivity index (χ2v) is 6.99. The van der Waals surface area contributed by atoms with Crippen molar-refractivity contribution >= 4 is 11.8 Å². The molecular weight excluding hydrogens is 280 g/mol. The fourth-order valence-electron chi connectivity index (χ4n) is 3.84. The maximum absolute atomic E-state index is 12.3. The number of carbonyl (C=O) groups is 2. The van der Waals surface area contributed by atoms with E-state index in [2.05, 4.69) is 10.7 Å². The van der Waals surface area contributed by atoms with Gasteiger partial charge in [-0.05, 0) is 63.2 Å². The van der Waals surface area contributed by atoms with Crippen molar-refractivity contribution in [2.24, 2.45) is 35.2 Å². The summed E-state index contributed by atoms with van der Waals surface area (Å²) in [5.74, 6) is 6.69. The normalized spacial score (nSPS) is 32.4. The van der Waals surface area contributed by atoms with E-state index in [4.69, 9.17) is 11.6 Å². The first kappa shape index (κ1) is 17.2. The fraction of sp³-hybridized carbons (Fsp3) is 0.875. The first-order chi connectivity index (χ1) is 10.6. The van der Waals surface area contributed by atoms with E-state index < -0.39 is 0 Å². The molecule has 0 radical (unpaired) electrons. The molecule has 0 heterocycles. The van der Waals surface area contributed by atoms with Crippen LogP contribution in [0, 0.1) is 23.7 Å². The molecule has 0 saturated heterocycles. The standard InChI is InChI=1S/C16H30N4O2/c17-15(21)13-5-1-11(2-6-13)9-19-16(22)14-7-3-12(4-8-14)10-20-18/h11-14,20H,1-10,18H2,(H2,17,21)(H,19,22). The molecule has 2 amide bonds. The lowest BCUT2D eigenvalue weighted by Gasteiger charge is -2.29. The van der Waals surface area contributed by atoms with Crippen molar-refractivity contribution in [2.45, 2.75) is 51.4 Å². The van der Waals surface area contributed by atoms with Gasteiger partial charge in [0.25, 0.3) is 0 Å². The Balaban J connectivity index is 1.63. The Kier molecular flexibility index (Phi) is 6.64. The van der Waals surface area contributed by atoms with Crippen molar-refractivity contribution in [3.05, 3.63) is 0 Å². The average molecular weight is 310 g/mol. The van der Waals surface area contributed by atoms with Crippen LogP contribution in [0.4, 0.5) is 0 Å². The van der Waals surface area contributed by atoms with Gasteiger partial charge in [-0.3, -0.25) is 20.9 Å². The smallest absolute Gasteiger partial charge is 0.223 e. The molecule has 0 bridgehead atoms. The van der Waals surface area contributed by atoms with Crippen molar-refractivity contribution in [3.8, 4) is 0 Å². The number of rotatable bonds is 6. The summed E-state index contributed by atoms with van der Waals surface area (Å²) in [7, 11) is 0. The van der Waals surface area contributed by atoms with Gasteiger partial charge in [0.05, 0.1) is 0 Å². The van der Waals surface area contributed by atoms with E-state index in [1.807, 2.05) is 0 Å². The fourth-order valence-corrected chi connectivity index (χ4v) is 3.84. The van der Waals surface area contributed by atoms with Gasteiger partial charge in [0.2, 0.25) is 11.8 Å². The maximum Gasteiger partial charge on any atom is 0.223 e. The Morgan fingerprint density at radius 3 is 1.82 bits per heavy atom. The van der Waals surface area contributed by atoms with Crippen LogP contribution in [0.1, 0.15) is 51.4 Å². The summed E-state index contributed by atoms with van der Waals surface area (Å²) in [6.07, 6.45) is 7.79. The predicted octanol–water partition coefficient (Wildman–Crippen LogP) is 0.664. The van der Waals surface area contributed by atoms with Gasteiger partial charge in [-0.15, -0.1) is 0 Å². The number of carbonyl (C=O) groups excluding carboxylic acids is 2. The minimum absolute atomic E-state index is 0.0402. The van der Waals surface area contributed by atoms with E-state index in [1.54, 1.807) is 0 Å². The molecular formula is C16H30N4O2. The van der Waals surface area contributed by atoms with Gasteiger partial charge in [-0.2, -0.15) is 0 Å². The highest BCUT2D eigenvalue weighted by Gasteiger charge is 2.28. The van der Waals surface area contributed by atoms with Crippen LogP contribution < -0.4 is 22.3 Å². The summed E-state index contributed by atoms with van der Waals surface area (Å²) >= 11 is 0. The van der Waals surface area contributed by atoms with Crippen LogP contribution in [0.2, 0.25) is 0 Å². The molecule has 2 aliphatic rings. The number of hydrazine groups is 1. The molecule has 6 N–H and O–H groups in total. The zero-order valence-corrected chi connectivity index (χ0v) is 13.4. The van der Waals surface area contributed by atoms with Gasteiger partial charge in [-0.1, -0.05) is 0 Å². The maximum atomic E-state index is 12.3. The van der Waals surface area contributed by atoms with Crippen LogP contribution in [0.5, 0.6) is 0 Å². The molecule has 0 unspecified atom stereocenters. The van der Waals surface area contributed by atoms with Crippen molar-refractivity contribution in [3.63, 3.8) is 0 Å². The quantitative estimate of drug-likeness (QED) is 0.427. The summed E-state index contributed by atoms with van der Waals surface area (Å²) in [6.45, 7) is 1.59. The topological polar surface area (TPSA) is 110 Å². The minimum atomic E-state index is -0.175. The van der Waals surface area contributed by atoms with Crippen molar-refractivity contribution in [1.82, 2.24) is 10.7 Å². The predicted molar refractivity (Wildman–Crippen MR) is 85.3 cm³/mol. The molecule has 2 fully saturated rings. The lowest BCUT2D eigenvalue weighted by atomic mass is 9.80. The zero-order chi connectivity index (χ0) is 15.9. The number of primary amides is 1. The highest BCUT2D eigenvalue weighted by atomic mass is 16.2. The largest absolute Gasteiger partial charge is 0.369 e. The van der Waals surface area contributed by atoms with Gasteiger partial charge in [-0.25, -0.2) is 0 Å². The molecule has 126 valence electrons. The van der Waals surface area contributed by atoms with E-state index in [9.17, 15) is 9.59 Å². The number of hydrogen-bond donors (Lipinski definition) is 4. The van der Waals surface area contributed by atoms with Crippen LogP contribution in [0.15, 0.2) is 0 Å². The van der Waals surface area contributed by atoms with E-state index in [1.165, 1.54) is 0 Å². The third-order valence-electron chi connectivity index (χ3n) is 5.44. The van der Waals surface area contributed by atoms with Crippen molar-refractivity contribution in [1.29, 1.82) is 0 Å². The van der Waals surface area contributed by atoms with E-state index in [-0.39, 0.29) is 23.7 Å². The van der Waals surface area contributed by atoms with Crippen LogP contribution in [0.3, 0.4) is 0 Å². The van der Waals surface area contributed by atoms with Gasteiger partial charge in [0, 0.05) is 24.9 Å². The second kappa shape index (κ2) is 8.48. The Labute approximate surface area is 132 Å². The third kappa shape index (κ3) is 4.95. The number of nitrogens with one attached hydrogen (secondary N) is 2. The van der Waals surface area contributed by atoms with E-state index in [0.29, 0.717) is 11.8 Å². The van der Waals surface area contributed by atoms with Crippen LogP contribution in [0.25, 0.3) is 0 Å². The van der Waals surface area contributed by atoms with E-state index >= 15 is 0 Å². The van der Waals surface area contributed by atoms with Gasteiger partial charge in [0.15, 0.2) is 0 Å². The summed E-state index contributed by atoms with van der Waals surface area (Å²) < 4.78 is 0. The molecule has 0 aromatic rings. The Morgan fingerprint density at radius 1 is 0.818 bits per heavy atom. The molecule has 2 aliphatic carbocycles. The molecule has 0 aliphatic heterocycles. The third-order valence-corrected chi connectivity index (χ3v) is 5.44. The number of nitrogens with two attached hydrogens (primary N) is 2. The minimum Gasteiger partial charge on any atom is -0.369 e. The van der Waals surface area contributed by atoms with Crippen molar-refractivity contribution < 1.29 is 9.59 Å². The number of amides is 2. The second-order valence-electron chi connectivity index (χ2n) is 6.99. The van der Waals surface area contributed by atoms with Crippen molar-refractivity contribution in [2.75, 3.05) is 13.1 Å². The monoisotopic (exact) mass is 310 g/mol. The van der Waals surface area contributed by atoms with Gasteiger partial charge < -0.3 is 11.1 Å². The van der Waals surface area contributed by atoms with Crippen LogP contribution in [-0.2, 0) is 9.59 Å². The summed E-state index contributed by atoms with van der Waals surface area (Å²) in [6, 6.07) is 0. The molecule has 0 spiro atoms. The molecule has 2 saturated carbocycles. The highest BCUT2D eigenvalue weighted by Crippen LogP contribution is 2.30. The first-order valence-corrected chi connectivity index (χ1v) is 8.60. The lowest BCUT2D eigenvalue weighted by molar-refractivity contribution is -0.127. The van der Waals surface area contributed by atoms with E-state index in [0.717, 1.165) is 64.5 Å². The molecule has 2 rings (SSSR count). The molecule has 22 heavy (non-hydrogen) atoms. The SMILES string of the molecule is NNCC1CCC(C(=O)NCC2CCC(C(N)=O)CC2)CC1. The Bertz CT molecular complexity index is 372. The summed E-state index contributed by atoms with van der Waals surface area (Å²) in [5, 5.41) is 3.12. The first-order valence-electron chi connectivity index (χ1n) is 8.60. The van der Waals surface area contributed by atoms with Gasteiger partial charge in [0.1, 0.15) is 0 Å². The molecule has 0 atom stereocenters. The molecule has 6 heteroatoms. The summed E-state index contributed by atoms with van der Waals surface area (Å²) in [4.78, 5) is 23.4. The highest BCUT2D eigenvalue weighted by molar-refractivity contribution is 5.78. The molecule has 0 aromatic carbocycles. The Hall–Kier alpha value is -1.14. The zero-order valence-electron chi connectivity index (χ0n) is 13.4. The molecule has 6 nitrogen and oxygen atoms in total. The summed E-state index contributed by atoms with van der Waals surface area (Å²) in [5.41, 5.74) is 8.07.